The van der Waals surface area contributed by atoms with Crippen LogP contribution in [0.25, 0.3) is 0 Å². The number of rotatable bonds is 2. The van der Waals surface area contributed by atoms with Crippen molar-refractivity contribution in [1.82, 2.24) is 15.5 Å². The molecule has 0 aromatic heterocycles. The van der Waals surface area contributed by atoms with Crippen LogP contribution in [0.5, 0.6) is 0 Å². The molecule has 2 unspecified atom stereocenters. The molecule has 1 fully saturated rings. The number of hydrogen-bond acceptors (Lipinski definition) is 2. The number of nitrogens with one attached hydrogen (secondary N) is 2. The summed E-state index contributed by atoms with van der Waals surface area (Å²) < 4.78 is 0. The van der Waals surface area contributed by atoms with Gasteiger partial charge in [-0.25, -0.2) is 4.79 Å². The number of urea groups is 1. The molecule has 0 spiro atoms. The van der Waals surface area contributed by atoms with Crippen LogP contribution in [-0.2, 0) is 4.79 Å². The third-order valence-corrected chi connectivity index (χ3v) is 3.25. The molecule has 1 aliphatic carbocycles. The largest absolute Gasteiger partial charge is 0.344 e. The van der Waals surface area contributed by atoms with E-state index in [0.29, 0.717) is 13.0 Å². The molecule has 2 N–H and O–H groups in total. The van der Waals surface area contributed by atoms with E-state index >= 15 is 0 Å². The molecule has 5 heteroatoms. The number of nitrogens with zero attached hydrogens (tertiary/aromatic N) is 1. The standard InChI is InChI=1S/C12H19N3O2/c1-15-8-10(7-11(15)16)14-12(17)13-9-5-3-2-4-6-9/h3,5,9-10H,2,4,6-8H2,1H3,(H2,13,14,17). The first-order chi connectivity index (χ1) is 8.15. The lowest BCUT2D eigenvalue weighted by molar-refractivity contribution is -0.126. The maximum absolute atomic E-state index is 11.7. The van der Waals surface area contributed by atoms with Gasteiger partial charge < -0.3 is 15.5 Å². The topological polar surface area (TPSA) is 61.4 Å². The van der Waals surface area contributed by atoms with E-state index in [-0.39, 0.29) is 24.0 Å². The first-order valence-corrected chi connectivity index (χ1v) is 6.13. The molecule has 0 aromatic rings. The fourth-order valence-corrected chi connectivity index (χ4v) is 2.29. The van der Waals surface area contributed by atoms with Crippen molar-refractivity contribution < 1.29 is 9.59 Å². The van der Waals surface area contributed by atoms with Crippen molar-refractivity contribution in [3.63, 3.8) is 0 Å². The molecule has 1 saturated heterocycles. The number of likely N-dealkylation sites (N-methyl/N-ethyl adjacent to an activating group) is 1. The number of carbonyl (C=O) groups excluding carboxylic acids is 2. The molecule has 2 rings (SSSR count). The van der Waals surface area contributed by atoms with Gasteiger partial charge >= 0.3 is 6.03 Å². The summed E-state index contributed by atoms with van der Waals surface area (Å²) in [6.07, 6.45) is 7.75. The molecule has 3 amide bonds. The van der Waals surface area contributed by atoms with Crippen LogP contribution in [0.15, 0.2) is 12.2 Å². The molecule has 17 heavy (non-hydrogen) atoms. The fraction of sp³-hybridized carbons (Fsp3) is 0.667. The quantitative estimate of drug-likeness (QED) is 0.692. The molecule has 5 nitrogen and oxygen atoms in total. The molecule has 0 bridgehead atoms. The summed E-state index contributed by atoms with van der Waals surface area (Å²) in [5, 5.41) is 5.75. The minimum atomic E-state index is -0.172. The normalized spacial score (nSPS) is 28.3. The van der Waals surface area contributed by atoms with E-state index in [2.05, 4.69) is 16.7 Å². The number of carbonyl (C=O) groups is 2. The second kappa shape index (κ2) is 5.21. The lowest BCUT2D eigenvalue weighted by Gasteiger charge is -2.20. The Kier molecular flexibility index (Phi) is 3.66. The highest BCUT2D eigenvalue weighted by Crippen LogP contribution is 2.11. The Labute approximate surface area is 101 Å². The van der Waals surface area contributed by atoms with Crippen LogP contribution < -0.4 is 10.6 Å². The van der Waals surface area contributed by atoms with E-state index in [1.54, 1.807) is 11.9 Å². The number of hydrogen-bond donors (Lipinski definition) is 2. The Hall–Kier alpha value is -1.52. The fourth-order valence-electron chi connectivity index (χ4n) is 2.29. The third kappa shape index (κ3) is 3.22. The monoisotopic (exact) mass is 237 g/mol. The molecule has 94 valence electrons. The van der Waals surface area contributed by atoms with Gasteiger partial charge in [0.1, 0.15) is 0 Å². The van der Waals surface area contributed by atoms with Crippen molar-refractivity contribution in [2.45, 2.75) is 37.8 Å². The zero-order valence-electron chi connectivity index (χ0n) is 10.1. The highest BCUT2D eigenvalue weighted by molar-refractivity contribution is 5.81. The van der Waals surface area contributed by atoms with Crippen LogP contribution >= 0.6 is 0 Å². The second-order valence-corrected chi connectivity index (χ2v) is 4.76. The van der Waals surface area contributed by atoms with Crippen LogP contribution in [0.3, 0.4) is 0 Å². The van der Waals surface area contributed by atoms with E-state index in [1.807, 2.05) is 6.08 Å². The molecule has 2 atom stereocenters. The number of allylic oxidation sites excluding steroid dienone is 1. The van der Waals surface area contributed by atoms with Crippen LogP contribution in [-0.4, -0.2) is 42.5 Å². The van der Waals surface area contributed by atoms with Gasteiger partial charge in [-0.1, -0.05) is 12.2 Å². The summed E-state index contributed by atoms with van der Waals surface area (Å²) >= 11 is 0. The highest BCUT2D eigenvalue weighted by Gasteiger charge is 2.28. The SMILES string of the molecule is CN1CC(NC(=O)NC2C=CCCC2)CC1=O. The van der Waals surface area contributed by atoms with Gasteiger partial charge in [-0.3, -0.25) is 4.79 Å². The van der Waals surface area contributed by atoms with E-state index in [4.69, 9.17) is 0 Å². The average molecular weight is 237 g/mol. The van der Waals surface area contributed by atoms with Crippen LogP contribution in [0.4, 0.5) is 4.79 Å². The van der Waals surface area contributed by atoms with Gasteiger partial charge in [0, 0.05) is 26.1 Å². The summed E-state index contributed by atoms with van der Waals surface area (Å²) in [6, 6.07) is -0.0895. The maximum atomic E-state index is 11.7. The van der Waals surface area contributed by atoms with Gasteiger partial charge in [0.25, 0.3) is 0 Å². The Balaban J connectivity index is 1.76. The average Bonchev–Trinajstić information content (AvgIpc) is 2.59. The van der Waals surface area contributed by atoms with Gasteiger partial charge in [0.15, 0.2) is 0 Å². The molecular formula is C12H19N3O2. The van der Waals surface area contributed by atoms with Crippen molar-refractivity contribution in [1.29, 1.82) is 0 Å². The zero-order valence-corrected chi connectivity index (χ0v) is 10.1. The van der Waals surface area contributed by atoms with E-state index in [9.17, 15) is 9.59 Å². The van der Waals surface area contributed by atoms with E-state index in [1.165, 1.54) is 0 Å². The van der Waals surface area contributed by atoms with Crippen molar-refractivity contribution in [3.05, 3.63) is 12.2 Å². The van der Waals surface area contributed by atoms with Crippen molar-refractivity contribution in [2.75, 3.05) is 13.6 Å². The number of amides is 3. The van der Waals surface area contributed by atoms with Crippen LogP contribution in [0.2, 0.25) is 0 Å². The van der Waals surface area contributed by atoms with Crippen molar-refractivity contribution >= 4 is 11.9 Å². The lowest BCUT2D eigenvalue weighted by Crippen LogP contribution is -2.46. The second-order valence-electron chi connectivity index (χ2n) is 4.76. The Morgan fingerprint density at radius 3 is 2.88 bits per heavy atom. The van der Waals surface area contributed by atoms with Crippen molar-refractivity contribution in [2.24, 2.45) is 0 Å². The Morgan fingerprint density at radius 2 is 2.29 bits per heavy atom. The maximum Gasteiger partial charge on any atom is 0.315 e. The first-order valence-electron chi connectivity index (χ1n) is 6.13. The van der Waals surface area contributed by atoms with Crippen LogP contribution in [0, 0.1) is 0 Å². The minimum absolute atomic E-state index is 0.0555. The van der Waals surface area contributed by atoms with Gasteiger partial charge in [-0.2, -0.15) is 0 Å². The lowest BCUT2D eigenvalue weighted by atomic mass is 10.0. The number of likely N-dealkylation sites (tertiary alicyclic amines) is 1. The Morgan fingerprint density at radius 1 is 1.47 bits per heavy atom. The third-order valence-electron chi connectivity index (χ3n) is 3.25. The predicted octanol–water partition coefficient (Wildman–Crippen LogP) is 0.625. The molecular weight excluding hydrogens is 218 g/mol. The smallest absolute Gasteiger partial charge is 0.315 e. The summed E-state index contributed by atoms with van der Waals surface area (Å²) in [5.41, 5.74) is 0. The first kappa shape index (κ1) is 12.0. The molecule has 0 saturated carbocycles. The molecule has 1 aliphatic heterocycles. The van der Waals surface area contributed by atoms with Gasteiger partial charge in [0.05, 0.1) is 6.04 Å². The van der Waals surface area contributed by atoms with E-state index < -0.39 is 0 Å². The summed E-state index contributed by atoms with van der Waals surface area (Å²) in [6.45, 7) is 0.604. The van der Waals surface area contributed by atoms with Gasteiger partial charge in [-0.15, -0.1) is 0 Å². The van der Waals surface area contributed by atoms with Crippen LogP contribution in [0.1, 0.15) is 25.7 Å². The summed E-state index contributed by atoms with van der Waals surface area (Å²) in [7, 11) is 1.76. The highest BCUT2D eigenvalue weighted by atomic mass is 16.2. The minimum Gasteiger partial charge on any atom is -0.344 e. The van der Waals surface area contributed by atoms with Crippen molar-refractivity contribution in [3.8, 4) is 0 Å². The molecule has 0 radical (unpaired) electrons. The zero-order chi connectivity index (χ0) is 12.3. The van der Waals surface area contributed by atoms with Gasteiger partial charge in [-0.05, 0) is 19.3 Å². The van der Waals surface area contributed by atoms with Gasteiger partial charge in [0.2, 0.25) is 5.91 Å². The predicted molar refractivity (Wildman–Crippen MR) is 64.5 cm³/mol. The Bertz CT molecular complexity index is 341. The molecule has 1 heterocycles. The van der Waals surface area contributed by atoms with E-state index in [0.717, 1.165) is 19.3 Å². The summed E-state index contributed by atoms with van der Waals surface area (Å²) in [5.74, 6) is 0.0906. The molecule has 2 aliphatic rings. The summed E-state index contributed by atoms with van der Waals surface area (Å²) in [4.78, 5) is 24.6. The molecule has 0 aromatic carbocycles.